The maximum atomic E-state index is 5.79. The number of ether oxygens (including phenoxy) is 2. The highest BCUT2D eigenvalue weighted by Crippen LogP contribution is 2.23. The second-order valence-electron chi connectivity index (χ2n) is 3.72. The average Bonchev–Trinajstić information content (AvgIpc) is 2.31. The summed E-state index contributed by atoms with van der Waals surface area (Å²) in [6.45, 7) is 2.34. The Labute approximate surface area is 90.4 Å². The van der Waals surface area contributed by atoms with Crippen LogP contribution in [-0.4, -0.2) is 32.9 Å². The summed E-state index contributed by atoms with van der Waals surface area (Å²) in [6, 6.07) is 10.5. The van der Waals surface area contributed by atoms with Crippen LogP contribution in [0.4, 0.5) is 0 Å². The molecule has 1 aliphatic rings. The van der Waals surface area contributed by atoms with E-state index in [0.29, 0.717) is 6.61 Å². The van der Waals surface area contributed by atoms with Crippen LogP contribution in [0.3, 0.4) is 0 Å². The van der Waals surface area contributed by atoms with Crippen LogP contribution in [0.1, 0.15) is 11.7 Å². The van der Waals surface area contributed by atoms with Crippen molar-refractivity contribution in [2.45, 2.75) is 12.1 Å². The summed E-state index contributed by atoms with van der Waals surface area (Å²) in [5.74, 6) is 0. The lowest BCUT2D eigenvalue weighted by Crippen LogP contribution is -2.46. The van der Waals surface area contributed by atoms with Gasteiger partial charge in [-0.05, 0) is 5.56 Å². The molecule has 1 aliphatic heterocycles. The monoisotopic (exact) mass is 207 g/mol. The summed E-state index contributed by atoms with van der Waals surface area (Å²) in [7, 11) is 1.72. The maximum Gasteiger partial charge on any atom is 0.100 e. The minimum absolute atomic E-state index is 0.111. The molecule has 0 bridgehead atoms. The number of morpholine rings is 1. The number of rotatable bonds is 3. The molecule has 1 aromatic carbocycles. The summed E-state index contributed by atoms with van der Waals surface area (Å²) in [4.78, 5) is 0. The maximum absolute atomic E-state index is 5.79. The summed E-state index contributed by atoms with van der Waals surface area (Å²) >= 11 is 0. The molecule has 1 N–H and O–H groups in total. The Hall–Kier alpha value is -0.900. The number of benzene rings is 1. The zero-order valence-corrected chi connectivity index (χ0v) is 8.98. The van der Waals surface area contributed by atoms with Crippen molar-refractivity contribution in [3.8, 4) is 0 Å². The second-order valence-corrected chi connectivity index (χ2v) is 3.72. The van der Waals surface area contributed by atoms with E-state index < -0.39 is 0 Å². The molecule has 3 nitrogen and oxygen atoms in total. The fourth-order valence-electron chi connectivity index (χ4n) is 1.95. The van der Waals surface area contributed by atoms with E-state index in [-0.39, 0.29) is 12.1 Å². The van der Waals surface area contributed by atoms with Crippen molar-refractivity contribution in [3.05, 3.63) is 35.9 Å². The van der Waals surface area contributed by atoms with Gasteiger partial charge in [0, 0.05) is 13.7 Å². The lowest BCUT2D eigenvalue weighted by Gasteiger charge is -2.32. The van der Waals surface area contributed by atoms with Crippen LogP contribution < -0.4 is 5.32 Å². The molecule has 1 fully saturated rings. The van der Waals surface area contributed by atoms with E-state index >= 15 is 0 Å². The first-order chi connectivity index (χ1) is 7.42. The highest BCUT2D eigenvalue weighted by atomic mass is 16.5. The van der Waals surface area contributed by atoms with E-state index in [1.54, 1.807) is 7.11 Å². The van der Waals surface area contributed by atoms with Gasteiger partial charge in [-0.15, -0.1) is 0 Å². The highest BCUT2D eigenvalue weighted by molar-refractivity contribution is 5.19. The third kappa shape index (κ3) is 2.56. The topological polar surface area (TPSA) is 30.5 Å². The molecule has 1 aromatic rings. The SMILES string of the molecule is COCC1NCCO[C@@H]1c1ccccc1. The van der Waals surface area contributed by atoms with Crippen molar-refractivity contribution < 1.29 is 9.47 Å². The minimum Gasteiger partial charge on any atom is -0.383 e. The van der Waals surface area contributed by atoms with Crippen molar-refractivity contribution in [2.75, 3.05) is 26.9 Å². The van der Waals surface area contributed by atoms with Crippen LogP contribution in [0.15, 0.2) is 30.3 Å². The molecule has 1 unspecified atom stereocenters. The van der Waals surface area contributed by atoms with Crippen molar-refractivity contribution in [2.24, 2.45) is 0 Å². The predicted octanol–water partition coefficient (Wildman–Crippen LogP) is 1.36. The van der Waals surface area contributed by atoms with Gasteiger partial charge >= 0.3 is 0 Å². The molecule has 1 heterocycles. The number of hydrogen-bond acceptors (Lipinski definition) is 3. The zero-order chi connectivity index (χ0) is 10.5. The Bertz CT molecular complexity index is 287. The minimum atomic E-state index is 0.111. The third-order valence-corrected chi connectivity index (χ3v) is 2.65. The van der Waals surface area contributed by atoms with E-state index in [1.807, 2.05) is 18.2 Å². The first-order valence-corrected chi connectivity index (χ1v) is 5.30. The van der Waals surface area contributed by atoms with E-state index in [4.69, 9.17) is 9.47 Å². The van der Waals surface area contributed by atoms with Gasteiger partial charge < -0.3 is 14.8 Å². The summed E-state index contributed by atoms with van der Waals surface area (Å²) in [5, 5.41) is 3.42. The van der Waals surface area contributed by atoms with E-state index in [1.165, 1.54) is 5.56 Å². The van der Waals surface area contributed by atoms with Gasteiger partial charge in [-0.25, -0.2) is 0 Å². The van der Waals surface area contributed by atoms with Crippen LogP contribution >= 0.6 is 0 Å². The highest BCUT2D eigenvalue weighted by Gasteiger charge is 2.26. The number of methoxy groups -OCH3 is 1. The molecule has 0 aromatic heterocycles. The fraction of sp³-hybridized carbons (Fsp3) is 0.500. The molecular formula is C12H17NO2. The average molecular weight is 207 g/mol. The first-order valence-electron chi connectivity index (χ1n) is 5.30. The normalized spacial score (nSPS) is 26.5. The summed E-state index contributed by atoms with van der Waals surface area (Å²) in [5.41, 5.74) is 1.21. The van der Waals surface area contributed by atoms with Gasteiger partial charge in [-0.1, -0.05) is 30.3 Å². The molecule has 15 heavy (non-hydrogen) atoms. The van der Waals surface area contributed by atoms with Gasteiger partial charge in [0.2, 0.25) is 0 Å². The van der Waals surface area contributed by atoms with Gasteiger partial charge in [-0.2, -0.15) is 0 Å². The van der Waals surface area contributed by atoms with E-state index in [2.05, 4.69) is 17.4 Å². The molecule has 0 radical (unpaired) electrons. The number of hydrogen-bond donors (Lipinski definition) is 1. The van der Waals surface area contributed by atoms with Crippen LogP contribution in [-0.2, 0) is 9.47 Å². The Morgan fingerprint density at radius 3 is 2.93 bits per heavy atom. The number of nitrogens with one attached hydrogen (secondary N) is 1. The predicted molar refractivity (Wildman–Crippen MR) is 58.8 cm³/mol. The Morgan fingerprint density at radius 2 is 2.20 bits per heavy atom. The summed E-state index contributed by atoms with van der Waals surface area (Å²) in [6.07, 6.45) is 0.111. The first kappa shape index (κ1) is 10.6. The van der Waals surface area contributed by atoms with Crippen molar-refractivity contribution in [3.63, 3.8) is 0 Å². The molecule has 0 saturated carbocycles. The quantitative estimate of drug-likeness (QED) is 0.812. The molecule has 2 atom stereocenters. The lowest BCUT2D eigenvalue weighted by molar-refractivity contribution is -0.0273. The van der Waals surface area contributed by atoms with Gasteiger partial charge in [0.1, 0.15) is 6.10 Å². The third-order valence-electron chi connectivity index (χ3n) is 2.65. The van der Waals surface area contributed by atoms with Gasteiger partial charge in [-0.3, -0.25) is 0 Å². The molecule has 1 saturated heterocycles. The zero-order valence-electron chi connectivity index (χ0n) is 8.98. The molecule has 0 aliphatic carbocycles. The molecule has 2 rings (SSSR count). The van der Waals surface area contributed by atoms with Crippen LogP contribution in [0.5, 0.6) is 0 Å². The molecule has 0 amide bonds. The van der Waals surface area contributed by atoms with Crippen LogP contribution in [0.25, 0.3) is 0 Å². The molecular weight excluding hydrogens is 190 g/mol. The largest absolute Gasteiger partial charge is 0.383 e. The Balaban J connectivity index is 2.11. The second kappa shape index (κ2) is 5.26. The summed E-state index contributed by atoms with van der Waals surface area (Å²) < 4.78 is 11.0. The standard InChI is InChI=1S/C12H17NO2/c1-14-9-11-12(15-8-7-13-11)10-5-3-2-4-6-10/h2-6,11-13H,7-9H2,1H3/t11?,12-/m1/s1. The lowest BCUT2D eigenvalue weighted by atomic mass is 10.0. The van der Waals surface area contributed by atoms with Crippen LogP contribution in [0, 0.1) is 0 Å². The van der Waals surface area contributed by atoms with E-state index in [9.17, 15) is 0 Å². The molecule has 0 spiro atoms. The fourth-order valence-corrected chi connectivity index (χ4v) is 1.95. The smallest absolute Gasteiger partial charge is 0.100 e. The van der Waals surface area contributed by atoms with Gasteiger partial charge in [0.15, 0.2) is 0 Å². The van der Waals surface area contributed by atoms with Gasteiger partial charge in [0.25, 0.3) is 0 Å². The van der Waals surface area contributed by atoms with Crippen molar-refractivity contribution >= 4 is 0 Å². The Morgan fingerprint density at radius 1 is 1.40 bits per heavy atom. The molecule has 82 valence electrons. The van der Waals surface area contributed by atoms with Crippen LogP contribution in [0.2, 0.25) is 0 Å². The van der Waals surface area contributed by atoms with Gasteiger partial charge in [0.05, 0.1) is 19.3 Å². The van der Waals surface area contributed by atoms with Crippen molar-refractivity contribution in [1.82, 2.24) is 5.32 Å². The molecule has 3 heteroatoms. The van der Waals surface area contributed by atoms with E-state index in [0.717, 1.165) is 13.2 Å². The Kier molecular flexibility index (Phi) is 3.72. The van der Waals surface area contributed by atoms with Crippen molar-refractivity contribution in [1.29, 1.82) is 0 Å².